The lowest BCUT2D eigenvalue weighted by Crippen LogP contribution is -2.50. The number of nitrogens with zero attached hydrogens (tertiary/aromatic N) is 2. The lowest BCUT2D eigenvalue weighted by molar-refractivity contribution is -0.0503. The number of fused-ring (bicyclic) bond motifs is 1. The van der Waals surface area contributed by atoms with Crippen molar-refractivity contribution >= 4 is 6.03 Å². The van der Waals surface area contributed by atoms with E-state index in [1.165, 1.54) is 5.56 Å². The van der Waals surface area contributed by atoms with Crippen molar-refractivity contribution in [3.8, 4) is 0 Å². The van der Waals surface area contributed by atoms with Gasteiger partial charge in [-0.25, -0.2) is 4.79 Å². The number of carbonyl (C=O) groups is 1. The molecule has 5 heteroatoms. The Labute approximate surface area is 137 Å². The van der Waals surface area contributed by atoms with Gasteiger partial charge in [0.2, 0.25) is 0 Å². The van der Waals surface area contributed by atoms with E-state index in [1.807, 2.05) is 11.0 Å². The fraction of sp³-hybridized carbons (Fsp3) is 0.611. The number of benzene rings is 1. The predicted molar refractivity (Wildman–Crippen MR) is 88.1 cm³/mol. The van der Waals surface area contributed by atoms with E-state index in [0.29, 0.717) is 24.5 Å². The first-order valence-corrected chi connectivity index (χ1v) is 8.66. The Morgan fingerprint density at radius 2 is 2.09 bits per heavy atom. The molecular formula is C18H25N3O2. The molecule has 4 rings (SSSR count). The van der Waals surface area contributed by atoms with E-state index in [0.717, 1.165) is 32.7 Å². The van der Waals surface area contributed by atoms with E-state index in [2.05, 4.69) is 41.4 Å². The minimum absolute atomic E-state index is 0.0806. The average Bonchev–Trinajstić information content (AvgIpc) is 3.08. The first kappa shape index (κ1) is 15.0. The molecule has 3 fully saturated rings. The zero-order valence-corrected chi connectivity index (χ0v) is 13.6. The number of likely N-dealkylation sites (tertiary alicyclic amines) is 1. The van der Waals surface area contributed by atoms with Crippen LogP contribution in [-0.4, -0.2) is 60.3 Å². The van der Waals surface area contributed by atoms with E-state index < -0.39 is 0 Å². The van der Waals surface area contributed by atoms with Gasteiger partial charge in [0.05, 0.1) is 25.3 Å². The second kappa shape index (κ2) is 6.13. The second-order valence-corrected chi connectivity index (χ2v) is 7.11. The summed E-state index contributed by atoms with van der Waals surface area (Å²) in [6.07, 6.45) is 1.26. The van der Waals surface area contributed by atoms with Crippen LogP contribution in [0, 0.1) is 5.92 Å². The van der Waals surface area contributed by atoms with E-state index >= 15 is 0 Å². The number of morpholine rings is 1. The van der Waals surface area contributed by atoms with Gasteiger partial charge in [0.25, 0.3) is 0 Å². The van der Waals surface area contributed by atoms with Crippen LogP contribution in [0.2, 0.25) is 0 Å². The summed E-state index contributed by atoms with van der Waals surface area (Å²) in [6, 6.07) is 11.3. The number of nitrogens with one attached hydrogen (secondary N) is 1. The third-order valence-electron chi connectivity index (χ3n) is 5.35. The van der Waals surface area contributed by atoms with Gasteiger partial charge in [-0.05, 0) is 17.9 Å². The summed E-state index contributed by atoms with van der Waals surface area (Å²) in [5, 5.41) is 3.13. The fourth-order valence-electron chi connectivity index (χ4n) is 3.71. The van der Waals surface area contributed by atoms with Crippen molar-refractivity contribution in [1.82, 2.24) is 15.1 Å². The largest absolute Gasteiger partial charge is 0.373 e. The van der Waals surface area contributed by atoms with E-state index in [4.69, 9.17) is 4.74 Å². The summed E-state index contributed by atoms with van der Waals surface area (Å²) in [6.45, 7) is 6.28. The summed E-state index contributed by atoms with van der Waals surface area (Å²) in [5.74, 6) is 0.634. The molecule has 4 atom stereocenters. The molecule has 5 nitrogen and oxygen atoms in total. The highest BCUT2D eigenvalue weighted by atomic mass is 16.5. The van der Waals surface area contributed by atoms with E-state index in [9.17, 15) is 4.79 Å². The first-order chi connectivity index (χ1) is 11.2. The monoisotopic (exact) mass is 315 g/mol. The number of ether oxygens (including phenoxy) is 1. The van der Waals surface area contributed by atoms with Crippen LogP contribution in [0.4, 0.5) is 4.79 Å². The third kappa shape index (κ3) is 3.21. The molecule has 124 valence electrons. The molecule has 1 aliphatic carbocycles. The van der Waals surface area contributed by atoms with Crippen LogP contribution in [0.15, 0.2) is 30.3 Å². The molecule has 2 saturated heterocycles. The Morgan fingerprint density at radius 1 is 1.30 bits per heavy atom. The highest BCUT2D eigenvalue weighted by molar-refractivity contribution is 5.75. The predicted octanol–water partition coefficient (Wildman–Crippen LogP) is 1.69. The number of amides is 2. The smallest absolute Gasteiger partial charge is 0.317 e. The van der Waals surface area contributed by atoms with Crippen LogP contribution >= 0.6 is 0 Å². The van der Waals surface area contributed by atoms with Crippen molar-refractivity contribution in [3.63, 3.8) is 0 Å². The lowest BCUT2D eigenvalue weighted by atomic mass is 10.1. The van der Waals surface area contributed by atoms with Crippen LogP contribution in [0.5, 0.6) is 0 Å². The van der Waals surface area contributed by atoms with Gasteiger partial charge in [-0.1, -0.05) is 37.3 Å². The van der Waals surface area contributed by atoms with Crippen molar-refractivity contribution in [2.24, 2.45) is 5.92 Å². The van der Waals surface area contributed by atoms with Gasteiger partial charge >= 0.3 is 6.03 Å². The molecule has 1 N–H and O–H groups in total. The molecule has 2 aliphatic heterocycles. The molecule has 2 amide bonds. The van der Waals surface area contributed by atoms with Gasteiger partial charge in [0.15, 0.2) is 0 Å². The molecule has 0 spiro atoms. The number of carbonyl (C=O) groups excluding carboxylic acids is 1. The second-order valence-electron chi connectivity index (χ2n) is 7.11. The minimum atomic E-state index is 0.0806. The molecule has 2 heterocycles. The molecule has 1 saturated carbocycles. The first-order valence-electron chi connectivity index (χ1n) is 8.66. The topological polar surface area (TPSA) is 44.8 Å². The van der Waals surface area contributed by atoms with Crippen molar-refractivity contribution in [3.05, 3.63) is 35.9 Å². The molecule has 0 radical (unpaired) electrons. The molecule has 1 aromatic rings. The number of urea groups is 1. The van der Waals surface area contributed by atoms with Crippen LogP contribution in [0.3, 0.4) is 0 Å². The summed E-state index contributed by atoms with van der Waals surface area (Å²) < 4.78 is 5.93. The zero-order chi connectivity index (χ0) is 15.8. The van der Waals surface area contributed by atoms with Crippen molar-refractivity contribution in [1.29, 1.82) is 0 Å². The van der Waals surface area contributed by atoms with Crippen molar-refractivity contribution < 1.29 is 9.53 Å². The van der Waals surface area contributed by atoms with Crippen molar-refractivity contribution in [2.45, 2.75) is 38.1 Å². The Morgan fingerprint density at radius 3 is 2.83 bits per heavy atom. The summed E-state index contributed by atoms with van der Waals surface area (Å²) >= 11 is 0. The maximum absolute atomic E-state index is 12.4. The van der Waals surface area contributed by atoms with E-state index in [-0.39, 0.29) is 12.1 Å². The molecule has 0 bridgehead atoms. The molecule has 1 aromatic carbocycles. The van der Waals surface area contributed by atoms with Gasteiger partial charge in [0, 0.05) is 25.7 Å². The fourth-order valence-corrected chi connectivity index (χ4v) is 3.71. The Hall–Kier alpha value is -1.59. The van der Waals surface area contributed by atoms with Crippen LogP contribution < -0.4 is 5.32 Å². The molecule has 0 unspecified atom stereocenters. The normalized spacial score (nSPS) is 33.3. The summed E-state index contributed by atoms with van der Waals surface area (Å²) in [4.78, 5) is 16.8. The molecular weight excluding hydrogens is 290 g/mol. The maximum atomic E-state index is 12.4. The maximum Gasteiger partial charge on any atom is 0.317 e. The average molecular weight is 315 g/mol. The quantitative estimate of drug-likeness (QED) is 0.923. The summed E-state index contributed by atoms with van der Waals surface area (Å²) in [5.41, 5.74) is 1.32. The summed E-state index contributed by atoms with van der Waals surface area (Å²) in [7, 11) is 0. The van der Waals surface area contributed by atoms with Crippen molar-refractivity contribution in [2.75, 3.05) is 26.2 Å². The van der Waals surface area contributed by atoms with Crippen LogP contribution in [-0.2, 0) is 11.3 Å². The number of rotatable bonds is 3. The number of hydrogen-bond donors (Lipinski definition) is 1. The SMILES string of the molecule is C[C@@H]1C[C@H]1NC(=O)N1C[C@@H]2OCCN(Cc3ccccc3)[C@@H]2C1. The Kier molecular flexibility index (Phi) is 3.99. The molecule has 3 aliphatic rings. The van der Waals surface area contributed by atoms with Crippen LogP contribution in [0.25, 0.3) is 0 Å². The highest BCUT2D eigenvalue weighted by Gasteiger charge is 2.43. The van der Waals surface area contributed by atoms with Crippen LogP contribution in [0.1, 0.15) is 18.9 Å². The lowest BCUT2D eigenvalue weighted by Gasteiger charge is -2.36. The Bertz CT molecular complexity index is 565. The zero-order valence-electron chi connectivity index (χ0n) is 13.6. The van der Waals surface area contributed by atoms with Gasteiger partial charge < -0.3 is 15.0 Å². The van der Waals surface area contributed by atoms with Gasteiger partial charge in [-0.3, -0.25) is 4.90 Å². The van der Waals surface area contributed by atoms with Gasteiger partial charge in [0.1, 0.15) is 0 Å². The van der Waals surface area contributed by atoms with E-state index in [1.54, 1.807) is 0 Å². The molecule has 23 heavy (non-hydrogen) atoms. The van der Waals surface area contributed by atoms with Gasteiger partial charge in [-0.15, -0.1) is 0 Å². The molecule has 0 aromatic heterocycles. The standard InChI is InChI=1S/C18H25N3O2/c1-13-9-15(13)19-18(22)21-11-16-17(12-21)23-8-7-20(16)10-14-5-3-2-4-6-14/h2-6,13,15-17H,7-12H2,1H3,(H,19,22)/t13-,15-,16-,17+/m1/s1. The number of hydrogen-bond acceptors (Lipinski definition) is 3. The highest BCUT2D eigenvalue weighted by Crippen LogP contribution is 2.30. The third-order valence-corrected chi connectivity index (χ3v) is 5.35. The van der Waals surface area contributed by atoms with Gasteiger partial charge in [-0.2, -0.15) is 0 Å². The Balaban J connectivity index is 1.39. The minimum Gasteiger partial charge on any atom is -0.373 e.